The summed E-state index contributed by atoms with van der Waals surface area (Å²) in [7, 11) is 0. The van der Waals surface area contributed by atoms with E-state index in [2.05, 4.69) is 10.3 Å². The number of aromatic nitrogens is 1. The molecule has 23 heavy (non-hydrogen) atoms. The molecule has 1 aromatic carbocycles. The molecule has 0 radical (unpaired) electrons. The van der Waals surface area contributed by atoms with Gasteiger partial charge >= 0.3 is 0 Å². The molecule has 2 aromatic heterocycles. The van der Waals surface area contributed by atoms with Crippen LogP contribution in [-0.2, 0) is 6.54 Å². The first-order valence-electron chi connectivity index (χ1n) is 7.40. The van der Waals surface area contributed by atoms with E-state index in [0.29, 0.717) is 17.3 Å². The Kier molecular flexibility index (Phi) is 4.30. The number of nitrogens with one attached hydrogen (secondary N) is 1. The third-order valence-corrected chi connectivity index (χ3v) is 4.62. The molecule has 0 unspecified atom stereocenters. The number of aryl methyl sites for hydroxylation is 3. The molecule has 0 aliphatic heterocycles. The highest BCUT2D eigenvalue weighted by atomic mass is 32.1. The fraction of sp³-hybridized carbons (Fsp3) is 0.222. The second-order valence-corrected chi connectivity index (χ2v) is 6.38. The minimum atomic E-state index is -0.107. The van der Waals surface area contributed by atoms with Gasteiger partial charge in [-0.25, -0.2) is 4.98 Å². The van der Waals surface area contributed by atoms with E-state index in [1.165, 1.54) is 16.9 Å². The van der Waals surface area contributed by atoms with Gasteiger partial charge in [-0.1, -0.05) is 29.8 Å². The van der Waals surface area contributed by atoms with Gasteiger partial charge in [0.2, 0.25) is 5.89 Å². The lowest BCUT2D eigenvalue weighted by molar-refractivity contribution is 0.0952. The van der Waals surface area contributed by atoms with Gasteiger partial charge in [0, 0.05) is 5.56 Å². The molecular formula is C18H18N2O2S. The van der Waals surface area contributed by atoms with Crippen molar-refractivity contribution in [3.05, 3.63) is 63.5 Å². The number of hydrogen-bond acceptors (Lipinski definition) is 4. The molecule has 0 saturated carbocycles. The second-order valence-electron chi connectivity index (χ2n) is 5.46. The zero-order valence-electron chi connectivity index (χ0n) is 13.3. The number of carbonyl (C=O) groups is 1. The standard InChI is InChI=1S/C18H18N2O2S/c1-11-4-6-14(7-5-11)15-8-9-23-17(15)18(21)19-10-16-20-12(2)13(3)22-16/h4-9H,10H2,1-3H3,(H,19,21). The van der Waals surface area contributed by atoms with Crippen molar-refractivity contribution in [3.8, 4) is 11.1 Å². The molecule has 1 amide bonds. The van der Waals surface area contributed by atoms with E-state index in [0.717, 1.165) is 22.6 Å². The minimum absolute atomic E-state index is 0.107. The van der Waals surface area contributed by atoms with Crippen LogP contribution in [0.2, 0.25) is 0 Å². The molecule has 4 nitrogen and oxygen atoms in total. The summed E-state index contributed by atoms with van der Waals surface area (Å²) in [5.74, 6) is 1.21. The van der Waals surface area contributed by atoms with Crippen LogP contribution in [-0.4, -0.2) is 10.9 Å². The predicted octanol–water partition coefficient (Wildman–Crippen LogP) is 4.26. The van der Waals surface area contributed by atoms with Crippen LogP contribution >= 0.6 is 11.3 Å². The quantitative estimate of drug-likeness (QED) is 0.779. The van der Waals surface area contributed by atoms with Gasteiger partial charge < -0.3 is 9.73 Å². The molecular weight excluding hydrogens is 308 g/mol. The molecule has 0 spiro atoms. The Balaban J connectivity index is 1.75. The normalized spacial score (nSPS) is 10.7. The van der Waals surface area contributed by atoms with Gasteiger partial charge in [-0.3, -0.25) is 4.79 Å². The maximum absolute atomic E-state index is 12.5. The van der Waals surface area contributed by atoms with Crippen LogP contribution in [0.15, 0.2) is 40.1 Å². The molecule has 0 atom stereocenters. The van der Waals surface area contributed by atoms with Gasteiger partial charge in [0.15, 0.2) is 0 Å². The summed E-state index contributed by atoms with van der Waals surface area (Å²) in [6, 6.07) is 10.1. The molecule has 0 bridgehead atoms. The predicted molar refractivity (Wildman–Crippen MR) is 91.6 cm³/mol. The lowest BCUT2D eigenvalue weighted by Gasteiger charge is -2.05. The van der Waals surface area contributed by atoms with Crippen LogP contribution in [0.4, 0.5) is 0 Å². The van der Waals surface area contributed by atoms with Crippen molar-refractivity contribution in [2.45, 2.75) is 27.3 Å². The number of nitrogens with zero attached hydrogens (tertiary/aromatic N) is 1. The summed E-state index contributed by atoms with van der Waals surface area (Å²) >= 11 is 1.44. The van der Waals surface area contributed by atoms with Crippen LogP contribution in [0.1, 0.15) is 32.6 Å². The molecule has 3 aromatic rings. The largest absolute Gasteiger partial charge is 0.444 e. The zero-order chi connectivity index (χ0) is 16.4. The number of rotatable bonds is 4. The van der Waals surface area contributed by atoms with Crippen molar-refractivity contribution in [2.75, 3.05) is 0 Å². The van der Waals surface area contributed by atoms with E-state index >= 15 is 0 Å². The number of hydrogen-bond donors (Lipinski definition) is 1. The maximum atomic E-state index is 12.5. The topological polar surface area (TPSA) is 55.1 Å². The average Bonchev–Trinajstić information content (AvgIpc) is 3.13. The Morgan fingerprint density at radius 2 is 1.91 bits per heavy atom. The minimum Gasteiger partial charge on any atom is -0.444 e. The van der Waals surface area contributed by atoms with Gasteiger partial charge in [-0.2, -0.15) is 0 Å². The van der Waals surface area contributed by atoms with Crippen molar-refractivity contribution in [1.82, 2.24) is 10.3 Å². The van der Waals surface area contributed by atoms with Crippen molar-refractivity contribution in [3.63, 3.8) is 0 Å². The van der Waals surface area contributed by atoms with E-state index in [4.69, 9.17) is 4.42 Å². The van der Waals surface area contributed by atoms with Gasteiger partial charge in [-0.05, 0) is 37.8 Å². The highest BCUT2D eigenvalue weighted by Crippen LogP contribution is 2.28. The van der Waals surface area contributed by atoms with Gasteiger partial charge in [0.05, 0.1) is 17.1 Å². The zero-order valence-corrected chi connectivity index (χ0v) is 14.2. The Morgan fingerprint density at radius 1 is 1.17 bits per heavy atom. The number of carbonyl (C=O) groups excluding carboxylic acids is 1. The molecule has 118 valence electrons. The average molecular weight is 326 g/mol. The molecule has 0 aliphatic rings. The monoisotopic (exact) mass is 326 g/mol. The Hall–Kier alpha value is -2.40. The second kappa shape index (κ2) is 6.38. The fourth-order valence-electron chi connectivity index (χ4n) is 2.30. The van der Waals surface area contributed by atoms with E-state index < -0.39 is 0 Å². The number of benzene rings is 1. The number of oxazole rings is 1. The van der Waals surface area contributed by atoms with E-state index in [9.17, 15) is 4.79 Å². The molecule has 0 aliphatic carbocycles. The summed E-state index contributed by atoms with van der Waals surface area (Å²) < 4.78 is 5.49. The third kappa shape index (κ3) is 3.35. The van der Waals surface area contributed by atoms with Gasteiger partial charge in [-0.15, -0.1) is 11.3 Å². The Morgan fingerprint density at radius 3 is 2.57 bits per heavy atom. The Labute approximate surface area is 139 Å². The molecule has 0 fully saturated rings. The number of amides is 1. The van der Waals surface area contributed by atoms with E-state index in [1.807, 2.05) is 56.5 Å². The first kappa shape index (κ1) is 15.5. The van der Waals surface area contributed by atoms with Crippen LogP contribution < -0.4 is 5.32 Å². The van der Waals surface area contributed by atoms with Crippen molar-refractivity contribution in [2.24, 2.45) is 0 Å². The van der Waals surface area contributed by atoms with Gasteiger partial charge in [0.25, 0.3) is 5.91 Å². The molecule has 3 rings (SSSR count). The van der Waals surface area contributed by atoms with Crippen LogP contribution in [0.5, 0.6) is 0 Å². The maximum Gasteiger partial charge on any atom is 0.262 e. The summed E-state index contributed by atoms with van der Waals surface area (Å²) in [5.41, 5.74) is 4.05. The van der Waals surface area contributed by atoms with Crippen molar-refractivity contribution in [1.29, 1.82) is 0 Å². The lowest BCUT2D eigenvalue weighted by atomic mass is 10.0. The summed E-state index contributed by atoms with van der Waals surface area (Å²) in [6.45, 7) is 6.09. The van der Waals surface area contributed by atoms with E-state index in [1.54, 1.807) is 0 Å². The summed E-state index contributed by atoms with van der Waals surface area (Å²) in [6.07, 6.45) is 0. The smallest absolute Gasteiger partial charge is 0.262 e. The third-order valence-electron chi connectivity index (χ3n) is 3.71. The van der Waals surface area contributed by atoms with Crippen molar-refractivity contribution < 1.29 is 9.21 Å². The summed E-state index contributed by atoms with van der Waals surface area (Å²) in [4.78, 5) is 17.4. The molecule has 0 saturated heterocycles. The highest BCUT2D eigenvalue weighted by Gasteiger charge is 2.15. The lowest BCUT2D eigenvalue weighted by Crippen LogP contribution is -2.22. The first-order chi connectivity index (χ1) is 11.0. The van der Waals surface area contributed by atoms with Gasteiger partial charge in [0.1, 0.15) is 5.76 Å². The SMILES string of the molecule is Cc1ccc(-c2ccsc2C(=O)NCc2nc(C)c(C)o2)cc1. The van der Waals surface area contributed by atoms with Crippen LogP contribution in [0, 0.1) is 20.8 Å². The van der Waals surface area contributed by atoms with Crippen LogP contribution in [0.3, 0.4) is 0 Å². The highest BCUT2D eigenvalue weighted by molar-refractivity contribution is 7.12. The first-order valence-corrected chi connectivity index (χ1v) is 8.28. The summed E-state index contributed by atoms with van der Waals surface area (Å²) in [5, 5.41) is 4.81. The Bertz CT molecular complexity index is 812. The number of thiophene rings is 1. The molecule has 2 heterocycles. The van der Waals surface area contributed by atoms with E-state index in [-0.39, 0.29) is 5.91 Å². The van der Waals surface area contributed by atoms with Crippen molar-refractivity contribution >= 4 is 17.2 Å². The molecule has 1 N–H and O–H groups in total. The molecule has 5 heteroatoms. The fourth-order valence-corrected chi connectivity index (χ4v) is 3.13. The van der Waals surface area contributed by atoms with Crippen LogP contribution in [0.25, 0.3) is 11.1 Å².